The third kappa shape index (κ3) is 4.28. The summed E-state index contributed by atoms with van der Waals surface area (Å²) in [5.74, 6) is -0.372. The highest BCUT2D eigenvalue weighted by Gasteiger charge is 2.21. The van der Waals surface area contributed by atoms with E-state index < -0.39 is 10.0 Å². The van der Waals surface area contributed by atoms with Crippen molar-refractivity contribution < 1.29 is 18.0 Å². The zero-order valence-corrected chi connectivity index (χ0v) is 19.0. The van der Waals surface area contributed by atoms with Gasteiger partial charge in [0.05, 0.1) is 15.5 Å². The smallest absolute Gasteiger partial charge is 0.265 e. The van der Waals surface area contributed by atoms with Crippen molar-refractivity contribution in [2.75, 3.05) is 16.7 Å². The van der Waals surface area contributed by atoms with Crippen LogP contribution < -0.4 is 9.62 Å². The topological polar surface area (TPSA) is 83.6 Å². The number of sulfonamides is 1. The monoisotopic (exact) mass is 464 g/mol. The molecule has 6 nitrogen and oxygen atoms in total. The van der Waals surface area contributed by atoms with Crippen LogP contribution in [0.4, 0.5) is 11.4 Å². The minimum Gasteiger partial charge on any atom is -0.321 e. The predicted octanol–water partition coefficient (Wildman–Crippen LogP) is 5.18. The molecular formula is C24H20N2O4S2. The fraction of sp³-hybridized carbons (Fsp3) is 0.0833. The Labute approximate surface area is 190 Å². The van der Waals surface area contributed by atoms with E-state index in [1.54, 1.807) is 78.9 Å². The van der Waals surface area contributed by atoms with Gasteiger partial charge in [0.15, 0.2) is 5.78 Å². The molecule has 0 atom stereocenters. The van der Waals surface area contributed by atoms with Gasteiger partial charge in [-0.2, -0.15) is 0 Å². The molecule has 4 aromatic rings. The maximum atomic E-state index is 12.9. The van der Waals surface area contributed by atoms with Crippen LogP contribution >= 0.6 is 11.3 Å². The summed E-state index contributed by atoms with van der Waals surface area (Å²) in [4.78, 5) is 25.0. The number of nitrogens with one attached hydrogen (secondary N) is 1. The molecule has 3 aromatic carbocycles. The zero-order chi connectivity index (χ0) is 22.9. The molecule has 32 heavy (non-hydrogen) atoms. The molecule has 0 saturated carbocycles. The van der Waals surface area contributed by atoms with E-state index in [1.165, 1.54) is 29.6 Å². The van der Waals surface area contributed by atoms with Gasteiger partial charge in [0.25, 0.3) is 15.9 Å². The Morgan fingerprint density at radius 2 is 1.66 bits per heavy atom. The molecule has 0 unspecified atom stereocenters. The second-order valence-electron chi connectivity index (χ2n) is 7.21. The first-order chi connectivity index (χ1) is 15.3. The Morgan fingerprint density at radius 3 is 2.38 bits per heavy atom. The summed E-state index contributed by atoms with van der Waals surface area (Å²) in [6.45, 7) is 1.47. The van der Waals surface area contributed by atoms with Gasteiger partial charge in [0.2, 0.25) is 0 Å². The van der Waals surface area contributed by atoms with Crippen molar-refractivity contribution in [3.8, 4) is 0 Å². The van der Waals surface area contributed by atoms with Crippen molar-refractivity contribution in [3.63, 3.8) is 0 Å². The molecular weight excluding hydrogens is 444 g/mol. The summed E-state index contributed by atoms with van der Waals surface area (Å²) >= 11 is 1.31. The van der Waals surface area contributed by atoms with E-state index in [9.17, 15) is 18.0 Å². The molecule has 0 spiro atoms. The first-order valence-corrected chi connectivity index (χ1v) is 12.0. The summed E-state index contributed by atoms with van der Waals surface area (Å²) in [6, 6.07) is 22.0. The fourth-order valence-corrected chi connectivity index (χ4v) is 5.38. The van der Waals surface area contributed by atoms with Crippen LogP contribution in [0.15, 0.2) is 83.8 Å². The molecule has 162 valence electrons. The van der Waals surface area contributed by atoms with Crippen LogP contribution in [0, 0.1) is 0 Å². The first-order valence-electron chi connectivity index (χ1n) is 9.75. The van der Waals surface area contributed by atoms with Gasteiger partial charge in [-0.1, -0.05) is 30.3 Å². The van der Waals surface area contributed by atoms with Gasteiger partial charge in [-0.05, 0) is 60.8 Å². The highest BCUT2D eigenvalue weighted by molar-refractivity contribution is 7.92. The average Bonchev–Trinajstić information content (AvgIpc) is 3.23. The van der Waals surface area contributed by atoms with Gasteiger partial charge < -0.3 is 5.32 Å². The lowest BCUT2D eigenvalue weighted by Gasteiger charge is -2.19. The Balaban J connectivity index is 1.60. The van der Waals surface area contributed by atoms with Gasteiger partial charge in [0.1, 0.15) is 0 Å². The third-order valence-electron chi connectivity index (χ3n) is 5.02. The van der Waals surface area contributed by atoms with Crippen LogP contribution in [0.25, 0.3) is 10.1 Å². The molecule has 0 saturated heterocycles. The molecule has 0 aliphatic heterocycles. The summed E-state index contributed by atoms with van der Waals surface area (Å²) in [7, 11) is -2.19. The van der Waals surface area contributed by atoms with Gasteiger partial charge in [0, 0.05) is 23.0 Å². The minimum atomic E-state index is -3.69. The van der Waals surface area contributed by atoms with Gasteiger partial charge in [-0.3, -0.25) is 13.9 Å². The second-order valence-corrected chi connectivity index (χ2v) is 10.3. The number of hydrogen-bond acceptors (Lipinski definition) is 5. The van der Waals surface area contributed by atoms with E-state index in [0.717, 1.165) is 10.1 Å². The number of hydrogen-bond donors (Lipinski definition) is 1. The number of anilines is 2. The number of ketones is 1. The van der Waals surface area contributed by atoms with Crippen LogP contribution in [0.1, 0.15) is 27.0 Å². The number of thiophene rings is 1. The van der Waals surface area contributed by atoms with E-state index >= 15 is 0 Å². The average molecular weight is 465 g/mol. The predicted molar refractivity (Wildman–Crippen MR) is 128 cm³/mol. The van der Waals surface area contributed by atoms with Crippen LogP contribution in [0.2, 0.25) is 0 Å². The lowest BCUT2D eigenvalue weighted by molar-refractivity contribution is 0.101. The normalized spacial score (nSPS) is 11.3. The van der Waals surface area contributed by atoms with Crippen LogP contribution in [0.5, 0.6) is 0 Å². The van der Waals surface area contributed by atoms with E-state index in [-0.39, 0.29) is 16.6 Å². The largest absolute Gasteiger partial charge is 0.321 e. The number of Topliss-reactive ketones (excluding diaryl/α,β-unsaturated/α-hetero) is 1. The minimum absolute atomic E-state index is 0.0786. The van der Waals surface area contributed by atoms with E-state index in [0.29, 0.717) is 21.8 Å². The molecule has 8 heteroatoms. The molecule has 1 aromatic heterocycles. The molecule has 1 heterocycles. The summed E-state index contributed by atoms with van der Waals surface area (Å²) in [5, 5.41) is 3.58. The van der Waals surface area contributed by atoms with Crippen LogP contribution in [-0.4, -0.2) is 27.2 Å². The summed E-state index contributed by atoms with van der Waals surface area (Å²) in [6.07, 6.45) is 0. The number of carbonyl (C=O) groups excluding carboxylic acids is 2. The standard InChI is InChI=1S/C24H20N2O4S2/c1-16(27)17-7-6-8-19(13-17)25-24(28)23-15-18-14-20(11-12-22(18)31-23)26(2)32(29,30)21-9-4-3-5-10-21/h3-15H,1-2H3,(H,25,28). The Hall–Kier alpha value is -3.49. The zero-order valence-electron chi connectivity index (χ0n) is 17.4. The maximum absolute atomic E-state index is 12.9. The van der Waals surface area contributed by atoms with Crippen molar-refractivity contribution in [1.82, 2.24) is 0 Å². The Morgan fingerprint density at radius 1 is 0.906 bits per heavy atom. The number of fused-ring (bicyclic) bond motifs is 1. The SMILES string of the molecule is CC(=O)c1cccc(NC(=O)c2cc3cc(N(C)S(=O)(=O)c4ccccc4)ccc3s2)c1. The molecule has 1 N–H and O–H groups in total. The van der Waals surface area contributed by atoms with Gasteiger partial charge in [-0.15, -0.1) is 11.3 Å². The highest BCUT2D eigenvalue weighted by Crippen LogP contribution is 2.31. The number of rotatable bonds is 6. The first kappa shape index (κ1) is 21.7. The van der Waals surface area contributed by atoms with Crippen LogP contribution in [0.3, 0.4) is 0 Å². The van der Waals surface area contributed by atoms with Crippen molar-refractivity contribution >= 4 is 54.5 Å². The molecule has 0 aliphatic carbocycles. The van der Waals surface area contributed by atoms with Gasteiger partial charge in [-0.25, -0.2) is 8.42 Å². The van der Waals surface area contributed by atoms with Crippen molar-refractivity contribution in [2.24, 2.45) is 0 Å². The maximum Gasteiger partial charge on any atom is 0.265 e. The molecule has 0 bridgehead atoms. The quantitative estimate of drug-likeness (QED) is 0.399. The lowest BCUT2D eigenvalue weighted by Crippen LogP contribution is -2.26. The van der Waals surface area contributed by atoms with E-state index in [2.05, 4.69) is 5.32 Å². The molecule has 0 fully saturated rings. The molecule has 4 rings (SSSR count). The van der Waals surface area contributed by atoms with Crippen molar-refractivity contribution in [1.29, 1.82) is 0 Å². The highest BCUT2D eigenvalue weighted by atomic mass is 32.2. The molecule has 0 radical (unpaired) electrons. The fourth-order valence-electron chi connectivity index (χ4n) is 3.24. The molecule has 1 amide bonds. The number of amides is 1. The third-order valence-corrected chi connectivity index (χ3v) is 7.93. The van der Waals surface area contributed by atoms with Crippen molar-refractivity contribution in [3.05, 3.63) is 89.3 Å². The summed E-state index contributed by atoms with van der Waals surface area (Å²) in [5.41, 5.74) is 1.56. The summed E-state index contributed by atoms with van der Waals surface area (Å²) < 4.78 is 27.9. The number of carbonyl (C=O) groups is 2. The Kier molecular flexibility index (Phi) is 5.82. The van der Waals surface area contributed by atoms with Crippen molar-refractivity contribution in [2.45, 2.75) is 11.8 Å². The number of nitrogens with zero attached hydrogens (tertiary/aromatic N) is 1. The number of benzene rings is 3. The van der Waals surface area contributed by atoms with E-state index in [4.69, 9.17) is 0 Å². The van der Waals surface area contributed by atoms with E-state index in [1.807, 2.05) is 0 Å². The Bertz CT molecular complexity index is 1430. The van der Waals surface area contributed by atoms with Crippen LogP contribution in [-0.2, 0) is 10.0 Å². The van der Waals surface area contributed by atoms with Gasteiger partial charge >= 0.3 is 0 Å². The molecule has 0 aliphatic rings. The second kappa shape index (κ2) is 8.57. The lowest BCUT2D eigenvalue weighted by atomic mass is 10.1.